The number of hydrogen-bond acceptors (Lipinski definition) is 4. The molecule has 0 saturated heterocycles. The van der Waals surface area contributed by atoms with Gasteiger partial charge >= 0.3 is 0 Å². The quantitative estimate of drug-likeness (QED) is 0.651. The van der Waals surface area contributed by atoms with Gasteiger partial charge in [0.15, 0.2) is 0 Å². The Balaban J connectivity index is 0.00000220. The summed E-state index contributed by atoms with van der Waals surface area (Å²) in [5.41, 5.74) is 13.6. The van der Waals surface area contributed by atoms with E-state index in [1.54, 1.807) is 60.7 Å². The van der Waals surface area contributed by atoms with Crippen molar-refractivity contribution in [2.24, 2.45) is 11.5 Å². The summed E-state index contributed by atoms with van der Waals surface area (Å²) in [6, 6.07) is 13.6. The average Bonchev–Trinajstić information content (AvgIpc) is 2.43. The minimum absolute atomic E-state index is 0. The first-order chi connectivity index (χ1) is 9.58. The number of nitrogens with two attached hydrogens (primary N) is 2. The normalized spacial score (nSPS) is 11.8. The molecule has 0 saturated carbocycles. The van der Waals surface area contributed by atoms with Gasteiger partial charge in [-0.3, -0.25) is 0 Å². The summed E-state index contributed by atoms with van der Waals surface area (Å²) in [7, 11) is 0. The number of phenolic OH excluding ortho intramolecular Hbond substituents is 2. The fraction of sp³-hybridized carbons (Fsp3) is 0. The van der Waals surface area contributed by atoms with Gasteiger partial charge in [-0.1, -0.05) is 36.4 Å². The van der Waals surface area contributed by atoms with E-state index in [4.69, 9.17) is 11.5 Å². The SMILES string of the molecule is NC(=Cc1ccccc1O)/C(N)=C/c1ccccc1O.[Co]. The standard InChI is InChI=1S/C16H16N2O2.Co/c17-13(9-11-5-1-3-7-15(11)19)14(18)10-12-6-2-4-8-16(12)20;/h1-10,19-20H,17-18H2;/b13-9-,14-10?;. The third-order valence-electron chi connectivity index (χ3n) is 2.83. The van der Waals surface area contributed by atoms with Crippen LogP contribution in [0.2, 0.25) is 0 Å². The molecule has 0 unspecified atom stereocenters. The van der Waals surface area contributed by atoms with Crippen LogP contribution in [-0.4, -0.2) is 10.2 Å². The summed E-state index contributed by atoms with van der Waals surface area (Å²) < 4.78 is 0. The third-order valence-corrected chi connectivity index (χ3v) is 2.83. The van der Waals surface area contributed by atoms with Crippen LogP contribution in [0.1, 0.15) is 11.1 Å². The molecule has 21 heavy (non-hydrogen) atoms. The van der Waals surface area contributed by atoms with Crippen LogP contribution in [0.15, 0.2) is 59.9 Å². The Morgan fingerprint density at radius 2 is 1.05 bits per heavy atom. The molecule has 0 aromatic heterocycles. The molecule has 0 aliphatic heterocycles. The van der Waals surface area contributed by atoms with Crippen molar-refractivity contribution in [2.75, 3.05) is 0 Å². The second-order valence-corrected chi connectivity index (χ2v) is 4.32. The molecule has 2 aromatic carbocycles. The first-order valence-electron chi connectivity index (χ1n) is 6.08. The van der Waals surface area contributed by atoms with Crippen LogP contribution in [0.5, 0.6) is 11.5 Å². The van der Waals surface area contributed by atoms with E-state index in [-0.39, 0.29) is 28.3 Å². The Kier molecular flexibility index (Phi) is 5.89. The molecule has 0 atom stereocenters. The Labute approximate surface area is 133 Å². The second kappa shape index (κ2) is 7.42. The van der Waals surface area contributed by atoms with Crippen molar-refractivity contribution in [3.05, 3.63) is 71.1 Å². The number of hydrogen-bond donors (Lipinski definition) is 4. The van der Waals surface area contributed by atoms with Gasteiger partial charge < -0.3 is 21.7 Å². The van der Waals surface area contributed by atoms with Gasteiger partial charge in [0, 0.05) is 27.9 Å². The van der Waals surface area contributed by atoms with Gasteiger partial charge in [-0.2, -0.15) is 0 Å². The van der Waals surface area contributed by atoms with Crippen molar-refractivity contribution in [3.8, 4) is 11.5 Å². The summed E-state index contributed by atoms with van der Waals surface area (Å²) >= 11 is 0. The number of para-hydroxylation sites is 2. The van der Waals surface area contributed by atoms with E-state index in [9.17, 15) is 10.2 Å². The predicted octanol–water partition coefficient (Wildman–Crippen LogP) is 2.39. The van der Waals surface area contributed by atoms with Gasteiger partial charge in [0.05, 0.1) is 11.4 Å². The molecule has 0 amide bonds. The van der Waals surface area contributed by atoms with Gasteiger partial charge in [-0.25, -0.2) is 0 Å². The molecule has 0 spiro atoms. The molecule has 5 heteroatoms. The number of phenols is 2. The van der Waals surface area contributed by atoms with Crippen LogP contribution in [0.3, 0.4) is 0 Å². The zero-order valence-electron chi connectivity index (χ0n) is 11.2. The number of benzene rings is 2. The summed E-state index contributed by atoms with van der Waals surface area (Å²) in [5, 5.41) is 19.3. The van der Waals surface area contributed by atoms with Crippen LogP contribution < -0.4 is 11.5 Å². The molecule has 2 aromatic rings. The second-order valence-electron chi connectivity index (χ2n) is 4.32. The largest absolute Gasteiger partial charge is 0.507 e. The Bertz CT molecular complexity index is 622. The van der Waals surface area contributed by atoms with Crippen molar-refractivity contribution in [3.63, 3.8) is 0 Å². The zero-order valence-corrected chi connectivity index (χ0v) is 12.2. The van der Waals surface area contributed by atoms with Crippen molar-refractivity contribution >= 4 is 12.2 Å². The van der Waals surface area contributed by atoms with E-state index in [2.05, 4.69) is 0 Å². The summed E-state index contributed by atoms with van der Waals surface area (Å²) in [6.07, 6.45) is 3.17. The first kappa shape index (κ1) is 16.7. The number of aromatic hydroxyl groups is 2. The van der Waals surface area contributed by atoms with Crippen molar-refractivity contribution < 1.29 is 27.0 Å². The first-order valence-corrected chi connectivity index (χ1v) is 6.08. The number of rotatable bonds is 3. The van der Waals surface area contributed by atoms with E-state index in [1.165, 1.54) is 0 Å². The molecule has 0 bridgehead atoms. The van der Waals surface area contributed by atoms with Gasteiger partial charge in [0.1, 0.15) is 11.5 Å². The topological polar surface area (TPSA) is 92.5 Å². The molecule has 0 aliphatic rings. The maximum Gasteiger partial charge on any atom is 0.122 e. The third kappa shape index (κ3) is 4.30. The molecule has 0 aliphatic carbocycles. The average molecular weight is 327 g/mol. The van der Waals surface area contributed by atoms with Crippen LogP contribution in [0, 0.1) is 0 Å². The van der Waals surface area contributed by atoms with Crippen molar-refractivity contribution in [2.45, 2.75) is 0 Å². The molecule has 6 N–H and O–H groups in total. The molecule has 111 valence electrons. The van der Waals surface area contributed by atoms with Gasteiger partial charge in [-0.15, -0.1) is 0 Å². The molecule has 2 rings (SSSR count). The Hall–Kier alpha value is -2.37. The summed E-state index contributed by atoms with van der Waals surface area (Å²) in [4.78, 5) is 0. The van der Waals surface area contributed by atoms with Crippen molar-refractivity contribution in [1.29, 1.82) is 0 Å². The smallest absolute Gasteiger partial charge is 0.122 e. The summed E-state index contributed by atoms with van der Waals surface area (Å²) in [5.74, 6) is 0.261. The van der Waals surface area contributed by atoms with Crippen LogP contribution >= 0.6 is 0 Å². The molecular weight excluding hydrogens is 311 g/mol. The Morgan fingerprint density at radius 3 is 1.38 bits per heavy atom. The fourth-order valence-corrected chi connectivity index (χ4v) is 1.72. The monoisotopic (exact) mass is 327 g/mol. The van der Waals surface area contributed by atoms with Gasteiger partial charge in [0.2, 0.25) is 0 Å². The maximum atomic E-state index is 9.67. The minimum Gasteiger partial charge on any atom is -0.507 e. The van der Waals surface area contributed by atoms with Gasteiger partial charge in [-0.05, 0) is 24.3 Å². The summed E-state index contributed by atoms with van der Waals surface area (Å²) in [6.45, 7) is 0. The zero-order chi connectivity index (χ0) is 14.5. The molecule has 0 fully saturated rings. The minimum atomic E-state index is 0. The molecule has 4 nitrogen and oxygen atoms in total. The van der Waals surface area contributed by atoms with E-state index < -0.39 is 0 Å². The fourth-order valence-electron chi connectivity index (χ4n) is 1.72. The van der Waals surface area contributed by atoms with E-state index in [1.807, 2.05) is 0 Å². The van der Waals surface area contributed by atoms with E-state index >= 15 is 0 Å². The Morgan fingerprint density at radius 1 is 0.714 bits per heavy atom. The maximum absolute atomic E-state index is 9.67. The molecular formula is C16H16CoN2O2. The molecule has 1 radical (unpaired) electrons. The predicted molar refractivity (Wildman–Crippen MR) is 80.5 cm³/mol. The van der Waals surface area contributed by atoms with Crippen LogP contribution in [-0.2, 0) is 16.8 Å². The van der Waals surface area contributed by atoms with Crippen LogP contribution in [0.4, 0.5) is 0 Å². The van der Waals surface area contributed by atoms with Crippen molar-refractivity contribution in [1.82, 2.24) is 0 Å². The molecule has 0 heterocycles. The van der Waals surface area contributed by atoms with E-state index in [0.29, 0.717) is 22.5 Å². The van der Waals surface area contributed by atoms with Crippen LogP contribution in [0.25, 0.3) is 12.2 Å². The van der Waals surface area contributed by atoms with Gasteiger partial charge in [0.25, 0.3) is 0 Å². The van der Waals surface area contributed by atoms with E-state index in [0.717, 1.165) is 0 Å².